The summed E-state index contributed by atoms with van der Waals surface area (Å²) in [6.07, 6.45) is 9.43. The van der Waals surface area contributed by atoms with Gasteiger partial charge >= 0.3 is 0 Å². The van der Waals surface area contributed by atoms with Gasteiger partial charge in [-0.1, -0.05) is 33.1 Å². The van der Waals surface area contributed by atoms with E-state index in [0.29, 0.717) is 5.54 Å². The first-order valence-electron chi connectivity index (χ1n) is 7.16. The lowest BCUT2D eigenvalue weighted by Crippen LogP contribution is -2.49. The van der Waals surface area contributed by atoms with Crippen LogP contribution in [0.4, 0.5) is 0 Å². The van der Waals surface area contributed by atoms with E-state index in [-0.39, 0.29) is 0 Å². The molecule has 1 saturated heterocycles. The smallest absolute Gasteiger partial charge is 0.0309 e. The Hall–Kier alpha value is -0.0800. The number of hydrogen-bond acceptors (Lipinski definition) is 2. The van der Waals surface area contributed by atoms with Crippen LogP contribution in [0.15, 0.2) is 0 Å². The average molecular weight is 226 g/mol. The molecule has 1 aliphatic heterocycles. The van der Waals surface area contributed by atoms with Gasteiger partial charge in [-0.15, -0.1) is 0 Å². The number of nitrogens with zero attached hydrogens (tertiary/aromatic N) is 1. The molecule has 0 amide bonds. The minimum Gasteiger partial charge on any atom is -0.310 e. The molecule has 1 fully saturated rings. The molecule has 1 aliphatic rings. The lowest BCUT2D eigenvalue weighted by molar-refractivity contribution is 0.210. The Morgan fingerprint density at radius 2 is 2.00 bits per heavy atom. The first kappa shape index (κ1) is 14.0. The first-order chi connectivity index (χ1) is 7.72. The van der Waals surface area contributed by atoms with E-state index in [0.717, 1.165) is 0 Å². The third-order valence-electron chi connectivity index (χ3n) is 3.78. The minimum absolute atomic E-state index is 0.440. The van der Waals surface area contributed by atoms with E-state index in [9.17, 15) is 0 Å². The Morgan fingerprint density at radius 1 is 1.19 bits per heavy atom. The standard InChI is InChI=1S/C14H30N2/c1-4-6-7-12-16(3)13-14(9-5-2)10-8-11-15-14/h15H,4-13H2,1-3H3. The van der Waals surface area contributed by atoms with Gasteiger partial charge in [-0.05, 0) is 45.8 Å². The van der Waals surface area contributed by atoms with E-state index >= 15 is 0 Å². The molecular weight excluding hydrogens is 196 g/mol. The molecule has 0 radical (unpaired) electrons. The predicted molar refractivity (Wildman–Crippen MR) is 71.9 cm³/mol. The summed E-state index contributed by atoms with van der Waals surface area (Å²) in [4.78, 5) is 2.53. The number of nitrogens with one attached hydrogen (secondary N) is 1. The van der Waals surface area contributed by atoms with Gasteiger partial charge in [0, 0.05) is 12.1 Å². The molecule has 0 bridgehead atoms. The highest BCUT2D eigenvalue weighted by Crippen LogP contribution is 2.25. The summed E-state index contributed by atoms with van der Waals surface area (Å²) in [6, 6.07) is 0. The number of unbranched alkanes of at least 4 members (excludes halogenated alkanes) is 2. The Labute approximate surface area is 102 Å². The lowest BCUT2D eigenvalue weighted by Gasteiger charge is -2.34. The Kier molecular flexibility index (Phi) is 6.37. The lowest BCUT2D eigenvalue weighted by atomic mass is 9.91. The molecule has 0 aliphatic carbocycles. The highest BCUT2D eigenvalue weighted by atomic mass is 15.2. The van der Waals surface area contributed by atoms with Crippen molar-refractivity contribution in [1.29, 1.82) is 0 Å². The monoisotopic (exact) mass is 226 g/mol. The predicted octanol–water partition coefficient (Wildman–Crippen LogP) is 3.03. The van der Waals surface area contributed by atoms with Crippen LogP contribution in [-0.4, -0.2) is 37.1 Å². The molecule has 0 aromatic heterocycles. The molecule has 1 atom stereocenters. The van der Waals surface area contributed by atoms with Gasteiger partial charge in [0.05, 0.1) is 0 Å². The highest BCUT2D eigenvalue weighted by molar-refractivity contribution is 4.94. The van der Waals surface area contributed by atoms with Crippen molar-refractivity contribution in [1.82, 2.24) is 10.2 Å². The number of hydrogen-bond donors (Lipinski definition) is 1. The zero-order chi connectivity index (χ0) is 11.9. The van der Waals surface area contributed by atoms with Gasteiger partial charge < -0.3 is 10.2 Å². The summed E-state index contributed by atoms with van der Waals surface area (Å²) >= 11 is 0. The topological polar surface area (TPSA) is 15.3 Å². The fourth-order valence-electron chi connectivity index (χ4n) is 3.00. The number of likely N-dealkylation sites (N-methyl/N-ethyl adjacent to an activating group) is 1. The molecule has 1 unspecified atom stereocenters. The van der Waals surface area contributed by atoms with Gasteiger partial charge in [0.15, 0.2) is 0 Å². The summed E-state index contributed by atoms with van der Waals surface area (Å²) < 4.78 is 0. The van der Waals surface area contributed by atoms with E-state index in [1.165, 1.54) is 64.6 Å². The molecule has 0 saturated carbocycles. The fourth-order valence-corrected chi connectivity index (χ4v) is 3.00. The van der Waals surface area contributed by atoms with Crippen LogP contribution in [0.1, 0.15) is 58.8 Å². The van der Waals surface area contributed by atoms with Crippen molar-refractivity contribution in [2.24, 2.45) is 0 Å². The summed E-state index contributed by atoms with van der Waals surface area (Å²) in [5.74, 6) is 0. The molecule has 0 aromatic carbocycles. The van der Waals surface area contributed by atoms with Gasteiger partial charge in [-0.2, -0.15) is 0 Å². The van der Waals surface area contributed by atoms with Crippen molar-refractivity contribution in [2.75, 3.05) is 26.7 Å². The van der Waals surface area contributed by atoms with Crippen LogP contribution in [0.2, 0.25) is 0 Å². The zero-order valence-electron chi connectivity index (χ0n) is 11.5. The van der Waals surface area contributed by atoms with Crippen LogP contribution >= 0.6 is 0 Å². The minimum atomic E-state index is 0.440. The van der Waals surface area contributed by atoms with Gasteiger partial charge in [0.1, 0.15) is 0 Å². The maximum absolute atomic E-state index is 3.75. The normalized spacial score (nSPS) is 25.5. The van der Waals surface area contributed by atoms with Gasteiger partial charge in [-0.25, -0.2) is 0 Å². The van der Waals surface area contributed by atoms with Gasteiger partial charge in [-0.3, -0.25) is 0 Å². The maximum atomic E-state index is 3.75. The molecule has 96 valence electrons. The molecule has 1 rings (SSSR count). The maximum Gasteiger partial charge on any atom is 0.0309 e. The third-order valence-corrected chi connectivity index (χ3v) is 3.78. The first-order valence-corrected chi connectivity index (χ1v) is 7.16. The summed E-state index contributed by atoms with van der Waals surface area (Å²) in [5.41, 5.74) is 0.440. The van der Waals surface area contributed by atoms with Crippen molar-refractivity contribution >= 4 is 0 Å². The number of rotatable bonds is 8. The quantitative estimate of drug-likeness (QED) is 0.640. The van der Waals surface area contributed by atoms with Gasteiger partial charge in [0.25, 0.3) is 0 Å². The molecule has 1 N–H and O–H groups in total. The van der Waals surface area contributed by atoms with Crippen molar-refractivity contribution in [3.8, 4) is 0 Å². The van der Waals surface area contributed by atoms with Crippen LogP contribution in [0.25, 0.3) is 0 Å². The van der Waals surface area contributed by atoms with Crippen molar-refractivity contribution < 1.29 is 0 Å². The Morgan fingerprint density at radius 3 is 2.56 bits per heavy atom. The van der Waals surface area contributed by atoms with E-state index in [2.05, 4.69) is 31.1 Å². The third kappa shape index (κ3) is 4.42. The van der Waals surface area contributed by atoms with Crippen LogP contribution in [0.5, 0.6) is 0 Å². The molecule has 2 nitrogen and oxygen atoms in total. The second-order valence-corrected chi connectivity index (χ2v) is 5.51. The van der Waals surface area contributed by atoms with Crippen molar-refractivity contribution in [3.63, 3.8) is 0 Å². The second kappa shape index (κ2) is 7.29. The summed E-state index contributed by atoms with van der Waals surface area (Å²) in [5, 5.41) is 3.75. The van der Waals surface area contributed by atoms with Crippen molar-refractivity contribution in [2.45, 2.75) is 64.3 Å². The molecule has 16 heavy (non-hydrogen) atoms. The average Bonchev–Trinajstić information content (AvgIpc) is 2.67. The van der Waals surface area contributed by atoms with Crippen LogP contribution < -0.4 is 5.32 Å². The van der Waals surface area contributed by atoms with Crippen LogP contribution in [-0.2, 0) is 0 Å². The van der Waals surface area contributed by atoms with E-state index in [1.54, 1.807) is 0 Å². The van der Waals surface area contributed by atoms with Crippen LogP contribution in [0, 0.1) is 0 Å². The molecule has 0 spiro atoms. The van der Waals surface area contributed by atoms with Crippen LogP contribution in [0.3, 0.4) is 0 Å². The SMILES string of the molecule is CCCCCN(C)CC1(CCC)CCCN1. The summed E-state index contributed by atoms with van der Waals surface area (Å²) in [6.45, 7) is 8.31. The summed E-state index contributed by atoms with van der Waals surface area (Å²) in [7, 11) is 2.28. The second-order valence-electron chi connectivity index (χ2n) is 5.51. The van der Waals surface area contributed by atoms with E-state index in [4.69, 9.17) is 0 Å². The van der Waals surface area contributed by atoms with E-state index in [1.807, 2.05) is 0 Å². The van der Waals surface area contributed by atoms with E-state index < -0.39 is 0 Å². The molecule has 0 aromatic rings. The fraction of sp³-hybridized carbons (Fsp3) is 1.00. The molecule has 2 heteroatoms. The highest BCUT2D eigenvalue weighted by Gasteiger charge is 2.33. The Bertz CT molecular complexity index is 174. The molecular formula is C14H30N2. The Balaban J connectivity index is 2.30. The largest absolute Gasteiger partial charge is 0.310 e. The zero-order valence-corrected chi connectivity index (χ0v) is 11.5. The molecule has 1 heterocycles. The van der Waals surface area contributed by atoms with Crippen molar-refractivity contribution in [3.05, 3.63) is 0 Å². The van der Waals surface area contributed by atoms with Gasteiger partial charge in [0.2, 0.25) is 0 Å².